The van der Waals surface area contributed by atoms with Gasteiger partial charge in [-0.25, -0.2) is 0 Å². The third-order valence-electron chi connectivity index (χ3n) is 2.45. The summed E-state index contributed by atoms with van der Waals surface area (Å²) in [5, 5.41) is 0. The average Bonchev–Trinajstić information content (AvgIpc) is 1.95. The molecule has 0 spiro atoms. The minimum absolute atomic E-state index is 0.135. The van der Waals surface area contributed by atoms with Gasteiger partial charge in [0.1, 0.15) is 0 Å². The molecular weight excluding hydrogens is 126 g/mol. The van der Waals surface area contributed by atoms with Crippen molar-refractivity contribution in [3.05, 3.63) is 4.91 Å². The Morgan fingerprint density at radius 2 is 1.30 bits per heavy atom. The lowest BCUT2D eigenvalue weighted by atomic mass is 10.0. The topological polar surface area (TPSA) is 20.1 Å². The number of hydrogen-bond donors (Lipinski definition) is 0. The molecule has 0 aromatic carbocycles. The molecule has 0 aliphatic carbocycles. The van der Waals surface area contributed by atoms with Crippen LogP contribution in [0.25, 0.3) is 0 Å². The molecule has 0 saturated carbocycles. The average molecular weight is 142 g/mol. The maximum absolute atomic E-state index is 11.5. The fraction of sp³-hybridized carbons (Fsp3) is 1.00. The van der Waals surface area contributed by atoms with E-state index in [1.807, 2.05) is 27.7 Å². The highest BCUT2D eigenvalue weighted by molar-refractivity contribution is 4.83. The number of nitroso groups, excluding NO2 is 1. The molecule has 0 radical (unpaired) electrons. The first-order valence-corrected chi connectivity index (χ1v) is 3.84. The second-order valence-corrected chi connectivity index (χ2v) is 4.42. The van der Waals surface area contributed by atoms with Crippen LogP contribution in [0.3, 0.4) is 0 Å². The van der Waals surface area contributed by atoms with Gasteiger partial charge in [-0.3, -0.25) is 0 Å². The highest BCUT2D eigenvalue weighted by Crippen LogP contribution is 2.35. The van der Waals surface area contributed by atoms with Crippen molar-refractivity contribution in [2.45, 2.75) is 51.6 Å². The van der Waals surface area contributed by atoms with Crippen molar-refractivity contribution < 1.29 is 4.76 Å². The monoisotopic (exact) mass is 142 g/mol. The van der Waals surface area contributed by atoms with Crippen LogP contribution >= 0.6 is 0 Å². The van der Waals surface area contributed by atoms with E-state index in [1.54, 1.807) is 0 Å². The Kier molecular flexibility index (Phi) is 1.39. The molecule has 0 aromatic rings. The normalized spacial score (nSPS) is 29.0. The fourth-order valence-corrected chi connectivity index (χ4v) is 1.63. The number of nitrogens with zero attached hydrogens (tertiary/aromatic N) is 1. The maximum Gasteiger partial charge on any atom is 0.206 e. The summed E-state index contributed by atoms with van der Waals surface area (Å²) in [6.45, 7) is 8.03. The minimum atomic E-state index is -0.135. The molecule has 1 rings (SSSR count). The summed E-state index contributed by atoms with van der Waals surface area (Å²) in [6, 6.07) is 0. The van der Waals surface area contributed by atoms with E-state index in [0.717, 1.165) is 12.8 Å². The molecule has 1 aliphatic heterocycles. The predicted molar refractivity (Wildman–Crippen MR) is 41.0 cm³/mol. The molecule has 1 saturated heterocycles. The summed E-state index contributed by atoms with van der Waals surface area (Å²) in [7, 11) is 0. The quantitative estimate of drug-likeness (QED) is 0.474. The van der Waals surface area contributed by atoms with Gasteiger partial charge in [-0.1, -0.05) is 0 Å². The molecule has 1 aliphatic rings. The van der Waals surface area contributed by atoms with Crippen molar-refractivity contribution in [1.82, 2.24) is 0 Å². The molecule has 1 heterocycles. The first-order chi connectivity index (χ1) is 4.36. The van der Waals surface area contributed by atoms with Gasteiger partial charge in [0.2, 0.25) is 11.1 Å². The van der Waals surface area contributed by atoms with Gasteiger partial charge in [-0.05, 0) is 0 Å². The number of hydrogen-bond acceptors (Lipinski definition) is 1. The number of rotatable bonds is 0. The second-order valence-electron chi connectivity index (χ2n) is 4.42. The molecule has 10 heavy (non-hydrogen) atoms. The summed E-state index contributed by atoms with van der Waals surface area (Å²) in [5.74, 6) is 0. The lowest BCUT2D eigenvalue weighted by molar-refractivity contribution is -0.657. The van der Waals surface area contributed by atoms with Crippen molar-refractivity contribution >= 4 is 0 Å². The van der Waals surface area contributed by atoms with Gasteiger partial charge < -0.3 is 0 Å². The highest BCUT2D eigenvalue weighted by atomic mass is 16.3. The smallest absolute Gasteiger partial charge is 0.00425 e. The van der Waals surface area contributed by atoms with Gasteiger partial charge in [-0.15, -0.1) is 0 Å². The van der Waals surface area contributed by atoms with Crippen molar-refractivity contribution in [2.24, 2.45) is 0 Å². The predicted octanol–water partition coefficient (Wildman–Crippen LogP) is 2.12. The molecule has 2 nitrogen and oxygen atoms in total. The first kappa shape index (κ1) is 7.70. The molecule has 0 N–H and O–H groups in total. The van der Waals surface area contributed by atoms with E-state index in [-0.39, 0.29) is 11.1 Å². The molecule has 0 bridgehead atoms. The molecule has 0 atom stereocenters. The lowest BCUT2D eigenvalue weighted by Crippen LogP contribution is -2.37. The highest BCUT2D eigenvalue weighted by Gasteiger charge is 2.53. The summed E-state index contributed by atoms with van der Waals surface area (Å²) in [6.07, 6.45) is 2.03. The van der Waals surface area contributed by atoms with Crippen LogP contribution in [0.15, 0.2) is 0 Å². The Hall–Kier alpha value is -0.400. The Morgan fingerprint density at radius 3 is 1.40 bits per heavy atom. The second kappa shape index (κ2) is 1.80. The molecule has 0 aromatic heterocycles. The van der Waals surface area contributed by atoms with Gasteiger partial charge in [-0.2, -0.15) is 0 Å². The van der Waals surface area contributed by atoms with Crippen LogP contribution in [-0.4, -0.2) is 15.8 Å². The molecule has 1 fully saturated rings. The van der Waals surface area contributed by atoms with Crippen molar-refractivity contribution in [3.8, 4) is 0 Å². The largest absolute Gasteiger partial charge is 0.206 e. The van der Waals surface area contributed by atoms with Crippen LogP contribution in [0.5, 0.6) is 0 Å². The van der Waals surface area contributed by atoms with E-state index in [1.165, 1.54) is 4.76 Å². The Bertz CT molecular complexity index is 152. The Morgan fingerprint density at radius 1 is 1.00 bits per heavy atom. The van der Waals surface area contributed by atoms with Crippen LogP contribution < -0.4 is 0 Å². The van der Waals surface area contributed by atoms with Crippen LogP contribution in [0.4, 0.5) is 0 Å². The van der Waals surface area contributed by atoms with E-state index < -0.39 is 0 Å². The standard InChI is InChI=1S/C8H16NO/c1-7(2)5-6-8(3,4)9(7)10/h5-6H2,1-4H3/q+1. The molecular formula is C8H16NO+. The fourth-order valence-electron chi connectivity index (χ4n) is 1.63. The zero-order valence-electron chi connectivity index (χ0n) is 7.27. The van der Waals surface area contributed by atoms with E-state index in [4.69, 9.17) is 0 Å². The van der Waals surface area contributed by atoms with E-state index in [0.29, 0.717) is 0 Å². The van der Waals surface area contributed by atoms with Gasteiger partial charge >= 0.3 is 0 Å². The van der Waals surface area contributed by atoms with Crippen LogP contribution in [0, 0.1) is 4.91 Å². The molecule has 2 heteroatoms. The van der Waals surface area contributed by atoms with Gasteiger partial charge in [0, 0.05) is 50.2 Å². The zero-order valence-corrected chi connectivity index (χ0v) is 7.27. The molecule has 58 valence electrons. The summed E-state index contributed by atoms with van der Waals surface area (Å²) < 4.78 is 1.24. The zero-order chi connectivity index (χ0) is 7.99. The summed E-state index contributed by atoms with van der Waals surface area (Å²) in [4.78, 5) is 11.5. The van der Waals surface area contributed by atoms with E-state index in [2.05, 4.69) is 0 Å². The van der Waals surface area contributed by atoms with Crippen molar-refractivity contribution in [2.75, 3.05) is 0 Å². The first-order valence-electron chi connectivity index (χ1n) is 3.84. The summed E-state index contributed by atoms with van der Waals surface area (Å²) >= 11 is 0. The van der Waals surface area contributed by atoms with Crippen molar-refractivity contribution in [3.63, 3.8) is 0 Å². The third-order valence-corrected chi connectivity index (χ3v) is 2.45. The third kappa shape index (κ3) is 0.957. The van der Waals surface area contributed by atoms with Gasteiger partial charge in [0.25, 0.3) is 0 Å². The van der Waals surface area contributed by atoms with E-state index >= 15 is 0 Å². The molecule has 0 amide bonds. The maximum atomic E-state index is 11.5. The molecule has 0 unspecified atom stereocenters. The summed E-state index contributed by atoms with van der Waals surface area (Å²) in [5.41, 5.74) is -0.271. The van der Waals surface area contributed by atoms with Gasteiger partial charge in [0.05, 0.1) is 0 Å². The van der Waals surface area contributed by atoms with Crippen LogP contribution in [0.1, 0.15) is 40.5 Å². The van der Waals surface area contributed by atoms with Crippen LogP contribution in [0.2, 0.25) is 0 Å². The van der Waals surface area contributed by atoms with Gasteiger partial charge in [0.15, 0.2) is 0 Å². The van der Waals surface area contributed by atoms with Crippen molar-refractivity contribution in [1.29, 1.82) is 0 Å². The van der Waals surface area contributed by atoms with E-state index in [9.17, 15) is 4.91 Å². The lowest BCUT2D eigenvalue weighted by Gasteiger charge is -2.11. The Balaban J connectivity index is 2.88. The Labute approximate surface area is 62.2 Å². The SMILES string of the molecule is CC1(C)CCC(C)(C)[N+]1=O. The minimum Gasteiger partial charge on any atom is 0.00425 e. The van der Waals surface area contributed by atoms with Crippen LogP contribution in [-0.2, 0) is 0 Å².